The summed E-state index contributed by atoms with van der Waals surface area (Å²) in [5.74, 6) is 0.626. The predicted molar refractivity (Wildman–Crippen MR) is 173 cm³/mol. The van der Waals surface area contributed by atoms with Crippen LogP contribution in [-0.4, -0.2) is 52.9 Å². The van der Waals surface area contributed by atoms with Crippen LogP contribution in [-0.2, 0) is 35.3 Å². The van der Waals surface area contributed by atoms with E-state index in [0.717, 1.165) is 87.5 Å². The molecule has 2 aromatic carbocycles. The van der Waals surface area contributed by atoms with Gasteiger partial charge in [0.25, 0.3) is 0 Å². The van der Waals surface area contributed by atoms with Gasteiger partial charge < -0.3 is 19.3 Å². The number of halogens is 5. The number of pyridine rings is 1. The summed E-state index contributed by atoms with van der Waals surface area (Å²) in [6.45, 7) is 4.42. The molecule has 46 heavy (non-hydrogen) atoms. The molecule has 0 bridgehead atoms. The second-order valence-corrected chi connectivity index (χ2v) is 11.8. The molecule has 3 aromatic rings. The molecule has 252 valence electrons. The number of alkyl halides is 3. The number of nitrogens with zero attached hydrogens (tertiary/aromatic N) is 2. The third-order valence-corrected chi connectivity index (χ3v) is 8.59. The van der Waals surface area contributed by atoms with Crippen LogP contribution in [0.1, 0.15) is 60.8 Å². The highest BCUT2D eigenvalue weighted by Crippen LogP contribution is 2.39. The molecule has 5 rings (SSSR count). The molecule has 1 N–H and O–H groups in total. The van der Waals surface area contributed by atoms with Crippen LogP contribution in [0.5, 0.6) is 11.6 Å². The van der Waals surface area contributed by atoms with Gasteiger partial charge in [0.2, 0.25) is 5.88 Å². The van der Waals surface area contributed by atoms with Crippen molar-refractivity contribution in [3.8, 4) is 11.6 Å². The summed E-state index contributed by atoms with van der Waals surface area (Å²) in [7, 11) is 0. The van der Waals surface area contributed by atoms with E-state index in [0.29, 0.717) is 25.6 Å². The van der Waals surface area contributed by atoms with E-state index < -0.39 is 17.7 Å². The fourth-order valence-electron chi connectivity index (χ4n) is 5.98. The van der Waals surface area contributed by atoms with Crippen LogP contribution < -0.4 is 9.47 Å². The molecule has 12 heteroatoms. The number of hydrogen-bond acceptors (Lipinski definition) is 6. The molecule has 2 aliphatic rings. The highest BCUT2D eigenvalue weighted by molar-refractivity contribution is 5.85. The predicted octanol–water partition coefficient (Wildman–Crippen LogP) is 7.77. The van der Waals surface area contributed by atoms with E-state index in [1.807, 2.05) is 24.3 Å². The van der Waals surface area contributed by atoms with Crippen molar-refractivity contribution in [1.29, 1.82) is 0 Å². The van der Waals surface area contributed by atoms with Gasteiger partial charge in [0.05, 0.1) is 17.8 Å². The van der Waals surface area contributed by atoms with Crippen molar-refractivity contribution in [2.45, 2.75) is 69.9 Å². The maximum absolute atomic E-state index is 12.7. The first-order chi connectivity index (χ1) is 21.2. The lowest BCUT2D eigenvalue weighted by molar-refractivity contribution is -0.138. The summed E-state index contributed by atoms with van der Waals surface area (Å²) in [4.78, 5) is 17.0. The first kappa shape index (κ1) is 37.4. The summed E-state index contributed by atoms with van der Waals surface area (Å²) >= 11 is 0. The monoisotopic (exact) mass is 684 g/mol. The number of hydrogen-bond donors (Lipinski definition) is 1. The first-order valence-corrected chi connectivity index (χ1v) is 15.2. The number of carboxylic acid groups (broad SMARTS) is 1. The number of rotatable bonds is 12. The van der Waals surface area contributed by atoms with Gasteiger partial charge in [-0.15, -0.1) is 24.8 Å². The quantitative estimate of drug-likeness (QED) is 0.209. The van der Waals surface area contributed by atoms with E-state index in [-0.39, 0.29) is 42.7 Å². The Hall–Kier alpha value is -3.05. The fourth-order valence-corrected chi connectivity index (χ4v) is 5.98. The zero-order chi connectivity index (χ0) is 31.0. The molecule has 0 aliphatic carbocycles. The molecule has 7 nitrogen and oxygen atoms in total. The number of ether oxygens (including phenoxy) is 3. The third kappa shape index (κ3) is 11.0. The molecule has 2 fully saturated rings. The molecule has 1 aromatic heterocycles. The van der Waals surface area contributed by atoms with E-state index in [1.54, 1.807) is 0 Å². The van der Waals surface area contributed by atoms with Crippen molar-refractivity contribution in [1.82, 2.24) is 9.88 Å². The Labute approximate surface area is 280 Å². The van der Waals surface area contributed by atoms with Crippen LogP contribution >= 0.6 is 24.8 Å². The van der Waals surface area contributed by atoms with Crippen molar-refractivity contribution in [2.24, 2.45) is 5.92 Å². The number of aromatic nitrogens is 1. The van der Waals surface area contributed by atoms with E-state index in [4.69, 9.17) is 19.3 Å². The lowest BCUT2D eigenvalue weighted by Gasteiger charge is -2.46. The number of piperidine rings is 1. The molecule has 2 aliphatic heterocycles. The molecule has 3 heterocycles. The van der Waals surface area contributed by atoms with Gasteiger partial charge in [-0.2, -0.15) is 13.2 Å². The minimum atomic E-state index is -4.40. The minimum Gasteiger partial charge on any atom is -0.489 e. The zero-order valence-corrected chi connectivity index (χ0v) is 27.2. The van der Waals surface area contributed by atoms with Gasteiger partial charge in [-0.05, 0) is 79.3 Å². The van der Waals surface area contributed by atoms with Crippen molar-refractivity contribution in [2.75, 3.05) is 26.3 Å². The summed E-state index contributed by atoms with van der Waals surface area (Å²) in [5.41, 5.74) is 2.43. The minimum absolute atomic E-state index is 0. The lowest BCUT2D eigenvalue weighted by atomic mass is 9.78. The summed E-state index contributed by atoms with van der Waals surface area (Å²) in [5, 5.41) is 8.83. The molecular weight excluding hydrogens is 644 g/mol. The Morgan fingerprint density at radius 2 is 1.63 bits per heavy atom. The highest BCUT2D eigenvalue weighted by atomic mass is 35.5. The average molecular weight is 686 g/mol. The van der Waals surface area contributed by atoms with E-state index >= 15 is 0 Å². The standard InChI is InChI=1S/C34H39F3N2O5.2ClH/c35-34(36,37)29-8-11-31(38-22-29)42-19-13-26-14-20-44-33(21-26)15-17-39(18-16-33)23-27-1-3-28(4-2-27)24-43-30-9-5-25(6-10-30)7-12-32(40)41;;/h1-6,8-11,22,26H,7,12-21,23-24H2,(H,40,41);2*1H. The van der Waals surface area contributed by atoms with Gasteiger partial charge >= 0.3 is 12.1 Å². The number of carbonyl (C=O) groups is 1. The number of carboxylic acids is 1. The Bertz CT molecular complexity index is 1350. The van der Waals surface area contributed by atoms with E-state index in [9.17, 15) is 18.0 Å². The average Bonchev–Trinajstić information content (AvgIpc) is 3.01. The largest absolute Gasteiger partial charge is 0.489 e. The van der Waals surface area contributed by atoms with Gasteiger partial charge in [-0.1, -0.05) is 36.4 Å². The zero-order valence-electron chi connectivity index (χ0n) is 25.5. The molecule has 2 saturated heterocycles. The van der Waals surface area contributed by atoms with Gasteiger partial charge in [-0.25, -0.2) is 4.98 Å². The highest BCUT2D eigenvalue weighted by Gasteiger charge is 2.40. The van der Waals surface area contributed by atoms with Gasteiger partial charge in [0.15, 0.2) is 0 Å². The van der Waals surface area contributed by atoms with E-state index in [2.05, 4.69) is 34.1 Å². The summed E-state index contributed by atoms with van der Waals surface area (Å²) in [6.07, 6.45) is 1.75. The normalized spacial score (nSPS) is 17.8. The van der Waals surface area contributed by atoms with Crippen LogP contribution in [0.4, 0.5) is 13.2 Å². The Morgan fingerprint density at radius 3 is 2.26 bits per heavy atom. The molecule has 0 radical (unpaired) electrons. The molecule has 0 saturated carbocycles. The Kier molecular flexibility index (Phi) is 14.0. The number of likely N-dealkylation sites (tertiary alicyclic amines) is 1. The van der Waals surface area contributed by atoms with Crippen molar-refractivity contribution in [3.05, 3.63) is 89.1 Å². The van der Waals surface area contributed by atoms with Crippen LogP contribution in [0.2, 0.25) is 0 Å². The molecule has 0 amide bonds. The van der Waals surface area contributed by atoms with Crippen LogP contribution in [0, 0.1) is 5.92 Å². The summed E-state index contributed by atoms with van der Waals surface area (Å²) in [6, 6.07) is 18.3. The maximum Gasteiger partial charge on any atom is 0.417 e. The summed E-state index contributed by atoms with van der Waals surface area (Å²) < 4.78 is 56.1. The van der Waals surface area contributed by atoms with Gasteiger partial charge in [-0.3, -0.25) is 9.69 Å². The van der Waals surface area contributed by atoms with Crippen molar-refractivity contribution >= 4 is 30.8 Å². The molecule has 1 atom stereocenters. The third-order valence-electron chi connectivity index (χ3n) is 8.59. The number of benzene rings is 2. The second kappa shape index (κ2) is 17.2. The van der Waals surface area contributed by atoms with E-state index in [1.165, 1.54) is 11.6 Å². The second-order valence-electron chi connectivity index (χ2n) is 11.8. The van der Waals surface area contributed by atoms with Gasteiger partial charge in [0, 0.05) is 44.9 Å². The molecule has 1 unspecified atom stereocenters. The topological polar surface area (TPSA) is 81.1 Å². The maximum atomic E-state index is 12.7. The lowest BCUT2D eigenvalue weighted by Crippen LogP contribution is -2.49. The smallest absolute Gasteiger partial charge is 0.417 e. The Morgan fingerprint density at radius 1 is 0.957 bits per heavy atom. The molecular formula is C34H41Cl2F3N2O5. The van der Waals surface area contributed by atoms with Crippen LogP contribution in [0.3, 0.4) is 0 Å². The molecule has 1 spiro atoms. The van der Waals surface area contributed by atoms with Crippen LogP contribution in [0.15, 0.2) is 66.9 Å². The number of aliphatic carboxylic acids is 1. The van der Waals surface area contributed by atoms with Crippen LogP contribution in [0.25, 0.3) is 0 Å². The fraction of sp³-hybridized carbons (Fsp3) is 0.471. The first-order valence-electron chi connectivity index (χ1n) is 15.2. The van der Waals surface area contributed by atoms with Gasteiger partial charge in [0.1, 0.15) is 12.4 Å². The SMILES string of the molecule is Cl.Cl.O=C(O)CCc1ccc(OCc2ccc(CN3CCC4(CC3)CC(CCOc3ccc(C(F)(F)F)cn3)CCO4)cc2)cc1. The Balaban J connectivity index is 0.00000288. The van der Waals surface area contributed by atoms with Crippen molar-refractivity contribution in [3.63, 3.8) is 0 Å². The number of aryl methyl sites for hydroxylation is 1. The van der Waals surface area contributed by atoms with Crippen molar-refractivity contribution < 1.29 is 37.3 Å².